The fourth-order valence-corrected chi connectivity index (χ4v) is 3.76. The standard InChI is InChI=1S/C14H27N2O3Si.Y/c1-5-6-13(17)12(11-20(2,3)4)15-14(18)16-7-9-19-10-8-16;/h5,12H,6-11H2,1-4H3,(H,15,18);/q-1;/t12-;/m0./s1. The van der Waals surface area contributed by atoms with Gasteiger partial charge in [-0.05, 0) is 6.04 Å². The molecule has 1 fully saturated rings. The first-order valence-corrected chi connectivity index (χ1v) is 11.0. The summed E-state index contributed by atoms with van der Waals surface area (Å²) in [7, 11) is -1.42. The van der Waals surface area contributed by atoms with Crippen molar-refractivity contribution >= 4 is 19.9 Å². The molecule has 7 heteroatoms. The van der Waals surface area contributed by atoms with Crippen molar-refractivity contribution < 1.29 is 47.0 Å². The Labute approximate surface area is 154 Å². The predicted octanol–water partition coefficient (Wildman–Crippen LogP) is 1.92. The smallest absolute Gasteiger partial charge is 0.318 e. The van der Waals surface area contributed by atoms with Crippen molar-refractivity contribution in [2.45, 2.75) is 45.1 Å². The van der Waals surface area contributed by atoms with Crippen molar-refractivity contribution in [3.63, 3.8) is 0 Å². The normalized spacial score (nSPS) is 16.9. The number of Topliss-reactive ketones (excluding diaryl/α,β-unsaturated/α-hetero) is 1. The number of rotatable bonds is 6. The molecule has 1 saturated heterocycles. The molecule has 0 spiro atoms. The van der Waals surface area contributed by atoms with E-state index >= 15 is 0 Å². The van der Waals surface area contributed by atoms with Crippen LogP contribution in [0.1, 0.15) is 13.3 Å². The average molecular weight is 388 g/mol. The topological polar surface area (TPSA) is 58.6 Å². The van der Waals surface area contributed by atoms with Gasteiger partial charge in [0.15, 0.2) is 0 Å². The fraction of sp³-hybridized carbons (Fsp3) is 0.786. The second-order valence-electron chi connectivity index (χ2n) is 6.44. The second-order valence-corrected chi connectivity index (χ2v) is 12.0. The van der Waals surface area contributed by atoms with Gasteiger partial charge in [-0.25, -0.2) is 4.79 Å². The van der Waals surface area contributed by atoms with E-state index < -0.39 is 8.07 Å². The summed E-state index contributed by atoms with van der Waals surface area (Å²) in [6.07, 6.45) is 2.26. The minimum Gasteiger partial charge on any atom is -0.378 e. The Balaban J connectivity index is 0.00000400. The molecule has 1 atom stereocenters. The zero-order valence-corrected chi connectivity index (χ0v) is 17.5. The number of urea groups is 1. The Morgan fingerprint density at radius 3 is 2.33 bits per heavy atom. The summed E-state index contributed by atoms with van der Waals surface area (Å²) in [6, 6.07) is 0.296. The molecule has 0 aromatic carbocycles. The van der Waals surface area contributed by atoms with Gasteiger partial charge in [-0.2, -0.15) is 6.92 Å². The molecule has 1 aliphatic heterocycles. The van der Waals surface area contributed by atoms with Gasteiger partial charge in [-0.15, -0.1) is 6.42 Å². The van der Waals surface area contributed by atoms with Gasteiger partial charge in [0.25, 0.3) is 0 Å². The summed E-state index contributed by atoms with van der Waals surface area (Å²) in [5, 5.41) is 2.92. The van der Waals surface area contributed by atoms with Crippen molar-refractivity contribution in [2.24, 2.45) is 0 Å². The Hall–Kier alpha value is 0.221. The maximum Gasteiger partial charge on any atom is 0.318 e. The number of morpholine rings is 1. The Morgan fingerprint density at radius 2 is 1.86 bits per heavy atom. The fourth-order valence-electron chi connectivity index (χ4n) is 2.21. The summed E-state index contributed by atoms with van der Waals surface area (Å²) in [4.78, 5) is 26.1. The molecule has 1 radical (unpaired) electrons. The third kappa shape index (κ3) is 8.43. The van der Waals surface area contributed by atoms with E-state index in [9.17, 15) is 9.59 Å². The summed E-state index contributed by atoms with van der Waals surface area (Å²) in [5.41, 5.74) is 0. The van der Waals surface area contributed by atoms with Crippen LogP contribution < -0.4 is 5.32 Å². The molecule has 0 bridgehead atoms. The van der Waals surface area contributed by atoms with Crippen LogP contribution >= 0.6 is 0 Å². The third-order valence-corrected chi connectivity index (χ3v) is 4.84. The monoisotopic (exact) mass is 388 g/mol. The van der Waals surface area contributed by atoms with Crippen molar-refractivity contribution in [1.82, 2.24) is 10.2 Å². The van der Waals surface area contributed by atoms with E-state index in [4.69, 9.17) is 4.74 Å². The third-order valence-electron chi connectivity index (χ3n) is 3.21. The molecule has 2 amide bonds. The first-order chi connectivity index (χ1) is 9.33. The molecule has 0 unspecified atom stereocenters. The number of ketones is 1. The zero-order valence-electron chi connectivity index (χ0n) is 13.6. The largest absolute Gasteiger partial charge is 0.378 e. The Bertz CT molecular complexity index is 342. The number of carbonyl (C=O) groups is 2. The molecule has 5 nitrogen and oxygen atoms in total. The van der Waals surface area contributed by atoms with E-state index in [1.807, 2.05) is 13.3 Å². The SMILES string of the molecule is C[CH-]CC(=O)[C@H](C[Si](C)(C)C)NC(=O)N1CCOCC1.[Y]. The van der Waals surface area contributed by atoms with Crippen LogP contribution in [0.4, 0.5) is 4.79 Å². The summed E-state index contributed by atoms with van der Waals surface area (Å²) in [6.45, 7) is 10.8. The number of nitrogens with zero attached hydrogens (tertiary/aromatic N) is 1. The molecular weight excluding hydrogens is 361 g/mol. The molecule has 0 aromatic heterocycles. The number of hydrogen-bond acceptors (Lipinski definition) is 3. The van der Waals surface area contributed by atoms with E-state index in [0.717, 1.165) is 6.04 Å². The van der Waals surface area contributed by atoms with Crippen LogP contribution in [0.25, 0.3) is 0 Å². The van der Waals surface area contributed by atoms with Crippen LogP contribution in [0.3, 0.4) is 0 Å². The molecule has 119 valence electrons. The van der Waals surface area contributed by atoms with Gasteiger partial charge in [-0.3, -0.25) is 0 Å². The Morgan fingerprint density at radius 1 is 1.29 bits per heavy atom. The Kier molecular flexibility index (Phi) is 10.2. The zero-order chi connectivity index (χ0) is 15.2. The summed E-state index contributed by atoms with van der Waals surface area (Å²) in [5.74, 6) is 0.108. The van der Waals surface area contributed by atoms with Gasteiger partial charge in [0.05, 0.1) is 19.3 Å². The van der Waals surface area contributed by atoms with E-state index in [1.54, 1.807) is 4.90 Å². The van der Waals surface area contributed by atoms with E-state index in [1.165, 1.54) is 0 Å². The maximum absolute atomic E-state index is 12.2. The minimum atomic E-state index is -1.42. The van der Waals surface area contributed by atoms with Gasteiger partial charge in [0.1, 0.15) is 5.78 Å². The number of ether oxygens (including phenoxy) is 1. The second kappa shape index (κ2) is 10.1. The van der Waals surface area contributed by atoms with Gasteiger partial charge >= 0.3 is 6.03 Å². The molecule has 1 aliphatic rings. The number of hydrogen-bond donors (Lipinski definition) is 1. The molecule has 21 heavy (non-hydrogen) atoms. The summed E-state index contributed by atoms with van der Waals surface area (Å²) < 4.78 is 5.23. The molecule has 0 saturated carbocycles. The number of nitrogens with one attached hydrogen (secondary N) is 1. The van der Waals surface area contributed by atoms with Crippen LogP contribution in [-0.4, -0.2) is 57.1 Å². The van der Waals surface area contributed by atoms with Crippen molar-refractivity contribution in [3.8, 4) is 0 Å². The van der Waals surface area contributed by atoms with E-state index in [0.29, 0.717) is 32.7 Å². The molecule has 0 aromatic rings. The molecule has 1 rings (SSSR count). The van der Waals surface area contributed by atoms with Crippen molar-refractivity contribution in [3.05, 3.63) is 6.42 Å². The first kappa shape index (κ1) is 21.2. The molecule has 1 N–H and O–H groups in total. The molecular formula is C14H27N2O3SiY-. The van der Waals surface area contributed by atoms with E-state index in [2.05, 4.69) is 25.0 Å². The first-order valence-electron chi connectivity index (χ1n) is 7.27. The molecule has 1 heterocycles. The number of amides is 2. The quantitative estimate of drug-likeness (QED) is 0.559. The number of carbonyl (C=O) groups excluding carboxylic acids is 2. The van der Waals surface area contributed by atoms with Crippen molar-refractivity contribution in [1.29, 1.82) is 0 Å². The van der Waals surface area contributed by atoms with Gasteiger partial charge < -0.3 is 26.2 Å². The predicted molar refractivity (Wildman–Crippen MR) is 82.5 cm³/mol. The van der Waals surface area contributed by atoms with Gasteiger partial charge in [0.2, 0.25) is 0 Å². The average Bonchev–Trinajstić information content (AvgIpc) is 2.37. The minimum absolute atomic E-state index is 0. The maximum atomic E-state index is 12.2. The molecule has 0 aliphatic carbocycles. The van der Waals surface area contributed by atoms with Crippen LogP contribution in [0.15, 0.2) is 0 Å². The van der Waals surface area contributed by atoms with Crippen LogP contribution in [0.2, 0.25) is 25.7 Å². The summed E-state index contributed by atoms with van der Waals surface area (Å²) >= 11 is 0. The van der Waals surface area contributed by atoms with Crippen LogP contribution in [-0.2, 0) is 42.2 Å². The van der Waals surface area contributed by atoms with E-state index in [-0.39, 0.29) is 50.6 Å². The van der Waals surface area contributed by atoms with Gasteiger partial charge in [0, 0.05) is 53.9 Å². The van der Waals surface area contributed by atoms with Crippen molar-refractivity contribution in [2.75, 3.05) is 26.3 Å². The van der Waals surface area contributed by atoms with Crippen LogP contribution in [0, 0.1) is 6.42 Å². The van der Waals surface area contributed by atoms with Crippen LogP contribution in [0.5, 0.6) is 0 Å². The van der Waals surface area contributed by atoms with Gasteiger partial charge in [-0.1, -0.05) is 19.6 Å².